The van der Waals surface area contributed by atoms with E-state index in [0.29, 0.717) is 20.7 Å². The molecule has 5 heteroatoms. The average molecular weight is 286 g/mol. The second-order valence-electron chi connectivity index (χ2n) is 3.74. The summed E-state index contributed by atoms with van der Waals surface area (Å²) in [6.45, 7) is 1.96. The van der Waals surface area contributed by atoms with Gasteiger partial charge in [0.05, 0.1) is 25.8 Å². The minimum absolute atomic E-state index is 0.463. The van der Waals surface area contributed by atoms with Gasteiger partial charge in [-0.25, -0.2) is 0 Å². The van der Waals surface area contributed by atoms with Crippen LogP contribution >= 0.6 is 22.9 Å². The van der Waals surface area contributed by atoms with Crippen LogP contribution in [0.3, 0.4) is 0 Å². The highest BCUT2D eigenvalue weighted by Crippen LogP contribution is 2.26. The fraction of sp³-hybridized carbons (Fsp3) is 0.167. The van der Waals surface area contributed by atoms with Gasteiger partial charge in [0.1, 0.15) is 0 Å². The zero-order valence-corrected chi connectivity index (χ0v) is 11.7. The molecule has 0 bridgehead atoms. The van der Waals surface area contributed by atoms with Crippen LogP contribution in [0.1, 0.15) is 10.4 Å². The van der Waals surface area contributed by atoms with Crippen LogP contribution in [-0.2, 0) is 16.6 Å². The van der Waals surface area contributed by atoms with Crippen LogP contribution in [0.2, 0.25) is 4.34 Å². The molecule has 90 valence electrons. The third kappa shape index (κ3) is 3.09. The lowest BCUT2D eigenvalue weighted by Crippen LogP contribution is -2.00. The van der Waals surface area contributed by atoms with Crippen molar-refractivity contribution >= 4 is 39.4 Å². The van der Waals surface area contributed by atoms with E-state index in [-0.39, 0.29) is 0 Å². The first-order chi connectivity index (χ1) is 8.06. The van der Waals surface area contributed by atoms with Gasteiger partial charge >= 0.3 is 0 Å². The molecule has 0 saturated heterocycles. The number of halogens is 1. The van der Waals surface area contributed by atoms with E-state index in [1.807, 2.05) is 37.3 Å². The van der Waals surface area contributed by atoms with Gasteiger partial charge in [0.15, 0.2) is 0 Å². The summed E-state index contributed by atoms with van der Waals surface area (Å²) in [5.74, 6) is 0.463. The molecule has 17 heavy (non-hydrogen) atoms. The number of hydrogen-bond donors (Lipinski definition) is 1. The van der Waals surface area contributed by atoms with Crippen molar-refractivity contribution in [3.8, 4) is 0 Å². The van der Waals surface area contributed by atoms with Crippen molar-refractivity contribution < 1.29 is 4.21 Å². The van der Waals surface area contributed by atoms with Crippen LogP contribution in [0.15, 0.2) is 35.2 Å². The Morgan fingerprint density at radius 1 is 1.35 bits per heavy atom. The lowest BCUT2D eigenvalue weighted by Gasteiger charge is -2.05. The van der Waals surface area contributed by atoms with E-state index in [0.717, 1.165) is 10.4 Å². The zero-order valence-electron chi connectivity index (χ0n) is 9.27. The Bertz CT molecular complexity index is 565. The van der Waals surface area contributed by atoms with Gasteiger partial charge in [-0.05, 0) is 36.8 Å². The van der Waals surface area contributed by atoms with Crippen molar-refractivity contribution in [3.63, 3.8) is 0 Å². The first-order valence-corrected chi connectivity index (χ1v) is 7.56. The number of thiophene rings is 1. The Kier molecular flexibility index (Phi) is 3.86. The Labute approximate surface area is 112 Å². The summed E-state index contributed by atoms with van der Waals surface area (Å²) in [5.41, 5.74) is 7.53. The minimum atomic E-state index is -1.11. The Morgan fingerprint density at radius 3 is 2.71 bits per heavy atom. The summed E-state index contributed by atoms with van der Waals surface area (Å²) in [6, 6.07) is 9.31. The number of rotatable bonds is 3. The van der Waals surface area contributed by atoms with Crippen LogP contribution in [0.4, 0.5) is 5.69 Å². The molecule has 0 fully saturated rings. The van der Waals surface area contributed by atoms with Gasteiger partial charge < -0.3 is 5.73 Å². The summed E-state index contributed by atoms with van der Waals surface area (Å²) in [5, 5.41) is 0. The Balaban J connectivity index is 2.20. The second-order valence-corrected chi connectivity index (χ2v) is 6.96. The highest BCUT2D eigenvalue weighted by atomic mass is 35.5. The topological polar surface area (TPSA) is 43.1 Å². The highest BCUT2D eigenvalue weighted by Gasteiger charge is 2.10. The molecule has 1 aromatic carbocycles. The molecule has 0 saturated carbocycles. The monoisotopic (exact) mass is 285 g/mol. The van der Waals surface area contributed by atoms with E-state index >= 15 is 0 Å². The lowest BCUT2D eigenvalue weighted by atomic mass is 10.2. The summed E-state index contributed by atoms with van der Waals surface area (Å²) in [6.07, 6.45) is 0. The number of hydrogen-bond acceptors (Lipinski definition) is 3. The third-order valence-electron chi connectivity index (χ3n) is 2.31. The smallest absolute Gasteiger partial charge is 0.0931 e. The van der Waals surface area contributed by atoms with Crippen molar-refractivity contribution in [2.75, 3.05) is 5.73 Å². The molecule has 0 radical (unpaired) electrons. The number of nitrogen functional groups attached to an aromatic ring is 1. The van der Waals surface area contributed by atoms with Crippen LogP contribution in [0.25, 0.3) is 0 Å². The fourth-order valence-electron chi connectivity index (χ4n) is 1.51. The van der Waals surface area contributed by atoms with E-state index in [1.54, 1.807) is 0 Å². The molecule has 2 rings (SSSR count). The van der Waals surface area contributed by atoms with Gasteiger partial charge in [-0.1, -0.05) is 17.7 Å². The van der Waals surface area contributed by atoms with Gasteiger partial charge in [0, 0.05) is 10.6 Å². The summed E-state index contributed by atoms with van der Waals surface area (Å²) < 4.78 is 12.9. The summed E-state index contributed by atoms with van der Waals surface area (Å²) >= 11 is 7.29. The minimum Gasteiger partial charge on any atom is -0.398 e. The van der Waals surface area contributed by atoms with Crippen molar-refractivity contribution in [1.29, 1.82) is 0 Å². The first kappa shape index (κ1) is 12.6. The predicted octanol–water partition coefficient (Wildman–Crippen LogP) is 3.60. The molecular formula is C12H12ClNOS2. The molecule has 2 nitrogen and oxygen atoms in total. The normalized spacial score (nSPS) is 12.6. The van der Waals surface area contributed by atoms with Crippen molar-refractivity contribution in [3.05, 3.63) is 45.1 Å². The van der Waals surface area contributed by atoms with Gasteiger partial charge in [-0.15, -0.1) is 11.3 Å². The average Bonchev–Trinajstić information content (AvgIpc) is 2.63. The number of nitrogens with two attached hydrogens (primary N) is 1. The molecule has 0 aliphatic carbocycles. The van der Waals surface area contributed by atoms with E-state index in [4.69, 9.17) is 17.3 Å². The second kappa shape index (κ2) is 5.21. The SMILES string of the molecule is Cc1ccc(S(=O)Cc2ccc(Cl)s2)c(N)c1. The first-order valence-electron chi connectivity index (χ1n) is 5.05. The van der Waals surface area contributed by atoms with Gasteiger partial charge in [0.2, 0.25) is 0 Å². The summed E-state index contributed by atoms with van der Waals surface area (Å²) in [7, 11) is -1.11. The molecule has 0 spiro atoms. The van der Waals surface area contributed by atoms with Gasteiger partial charge in [0.25, 0.3) is 0 Å². The maximum absolute atomic E-state index is 12.2. The number of anilines is 1. The zero-order chi connectivity index (χ0) is 12.4. The molecule has 1 heterocycles. The predicted molar refractivity (Wildman–Crippen MR) is 75.0 cm³/mol. The highest BCUT2D eigenvalue weighted by molar-refractivity contribution is 7.84. The molecule has 1 unspecified atom stereocenters. The van der Waals surface area contributed by atoms with Gasteiger partial charge in [-0.2, -0.15) is 0 Å². The van der Waals surface area contributed by atoms with E-state index in [2.05, 4.69) is 0 Å². The van der Waals surface area contributed by atoms with Gasteiger partial charge in [-0.3, -0.25) is 4.21 Å². The van der Waals surface area contributed by atoms with E-state index < -0.39 is 10.8 Å². The quantitative estimate of drug-likeness (QED) is 0.876. The fourth-order valence-corrected chi connectivity index (χ4v) is 4.00. The maximum Gasteiger partial charge on any atom is 0.0931 e. The van der Waals surface area contributed by atoms with Crippen LogP contribution in [-0.4, -0.2) is 4.21 Å². The van der Waals surface area contributed by atoms with Crippen molar-refractivity contribution in [2.45, 2.75) is 17.6 Å². The molecule has 0 aliphatic rings. The molecule has 2 aromatic rings. The molecule has 0 amide bonds. The Morgan fingerprint density at radius 2 is 2.12 bits per heavy atom. The molecule has 1 atom stereocenters. The van der Waals surface area contributed by atoms with Crippen molar-refractivity contribution in [2.24, 2.45) is 0 Å². The lowest BCUT2D eigenvalue weighted by molar-refractivity contribution is 0.683. The van der Waals surface area contributed by atoms with Crippen molar-refractivity contribution in [1.82, 2.24) is 0 Å². The molecular weight excluding hydrogens is 274 g/mol. The molecule has 1 aromatic heterocycles. The van der Waals surface area contributed by atoms with E-state index in [1.165, 1.54) is 11.3 Å². The standard InChI is InChI=1S/C12H12ClNOS2/c1-8-2-4-11(10(14)6-8)17(15)7-9-3-5-12(13)16-9/h2-6H,7,14H2,1H3. The summed E-state index contributed by atoms with van der Waals surface area (Å²) in [4.78, 5) is 1.70. The van der Waals surface area contributed by atoms with Crippen LogP contribution < -0.4 is 5.73 Å². The van der Waals surface area contributed by atoms with Crippen LogP contribution in [0.5, 0.6) is 0 Å². The van der Waals surface area contributed by atoms with Crippen LogP contribution in [0, 0.1) is 6.92 Å². The Hall–Kier alpha value is -0.840. The number of benzene rings is 1. The molecule has 2 N–H and O–H groups in total. The number of aryl methyl sites for hydroxylation is 1. The largest absolute Gasteiger partial charge is 0.398 e. The molecule has 0 aliphatic heterocycles. The maximum atomic E-state index is 12.2. The van der Waals surface area contributed by atoms with E-state index in [9.17, 15) is 4.21 Å². The third-order valence-corrected chi connectivity index (χ3v) is 5.16.